The molecule has 0 radical (unpaired) electrons. The van der Waals surface area contributed by atoms with E-state index >= 15 is 0 Å². The molecule has 0 aliphatic carbocycles. The van der Waals surface area contributed by atoms with Gasteiger partial charge in [0.15, 0.2) is 6.61 Å². The summed E-state index contributed by atoms with van der Waals surface area (Å²) in [5, 5.41) is 23.1. The average molecular weight is 279 g/mol. The number of nitro groups is 1. The van der Waals surface area contributed by atoms with Gasteiger partial charge in [-0.2, -0.15) is 0 Å². The minimum Gasteiger partial charge on any atom is -0.480 e. The molecule has 19 heavy (non-hydrogen) atoms. The van der Waals surface area contributed by atoms with Gasteiger partial charge in [-0.1, -0.05) is 6.92 Å². The number of halogens is 2. The molecule has 0 saturated carbocycles. The Balaban J connectivity index is 3.06. The molecular formula is C9H11F2N3O5. The summed E-state index contributed by atoms with van der Waals surface area (Å²) in [7, 11) is 0. The van der Waals surface area contributed by atoms with Crippen LogP contribution in [0, 0.1) is 10.1 Å². The molecule has 0 aliphatic heterocycles. The van der Waals surface area contributed by atoms with Gasteiger partial charge in [0.1, 0.15) is 12.2 Å². The predicted molar refractivity (Wildman–Crippen MR) is 57.3 cm³/mol. The van der Waals surface area contributed by atoms with Crippen molar-refractivity contribution >= 4 is 11.7 Å². The lowest BCUT2D eigenvalue weighted by molar-refractivity contribution is -0.386. The second-order valence-corrected chi connectivity index (χ2v) is 3.52. The van der Waals surface area contributed by atoms with E-state index in [1.807, 2.05) is 0 Å². The van der Waals surface area contributed by atoms with Crippen molar-refractivity contribution in [2.24, 2.45) is 0 Å². The first-order valence-corrected chi connectivity index (χ1v) is 5.24. The van der Waals surface area contributed by atoms with E-state index in [0.29, 0.717) is 0 Å². The van der Waals surface area contributed by atoms with Crippen LogP contribution in [0.15, 0.2) is 6.20 Å². The van der Waals surface area contributed by atoms with Crippen molar-refractivity contribution in [1.29, 1.82) is 0 Å². The summed E-state index contributed by atoms with van der Waals surface area (Å²) in [4.78, 5) is 20.7. The van der Waals surface area contributed by atoms with E-state index in [1.165, 1.54) is 0 Å². The Morgan fingerprint density at radius 2 is 2.32 bits per heavy atom. The summed E-state index contributed by atoms with van der Waals surface area (Å²) < 4.78 is 29.3. The van der Waals surface area contributed by atoms with Crippen molar-refractivity contribution < 1.29 is 28.3 Å². The Bertz CT molecular complexity index is 476. The van der Waals surface area contributed by atoms with E-state index in [9.17, 15) is 23.7 Å². The molecular weight excluding hydrogens is 268 g/mol. The molecule has 1 aromatic rings. The Morgan fingerprint density at radius 1 is 1.68 bits per heavy atom. The molecule has 106 valence electrons. The highest BCUT2D eigenvalue weighted by atomic mass is 19.3. The zero-order chi connectivity index (χ0) is 14.6. The first kappa shape index (κ1) is 14.8. The summed E-state index contributed by atoms with van der Waals surface area (Å²) in [6.45, 7) is 0.494. The fourth-order valence-electron chi connectivity index (χ4n) is 1.37. The van der Waals surface area contributed by atoms with Gasteiger partial charge in [-0.3, -0.25) is 10.1 Å². The molecule has 1 aromatic heterocycles. The van der Waals surface area contributed by atoms with E-state index in [-0.39, 0.29) is 6.42 Å². The Hall–Kier alpha value is -2.26. The van der Waals surface area contributed by atoms with Crippen LogP contribution >= 0.6 is 0 Å². The van der Waals surface area contributed by atoms with Gasteiger partial charge in [0, 0.05) is 0 Å². The fraction of sp³-hybridized carbons (Fsp3) is 0.556. The SMILES string of the molecule is CC[C@H](C(=O)O)n1cc([N+](=O)[O-])c(OCC(F)F)n1. The van der Waals surface area contributed by atoms with E-state index in [2.05, 4.69) is 9.84 Å². The first-order valence-electron chi connectivity index (χ1n) is 5.24. The van der Waals surface area contributed by atoms with Crippen LogP contribution in [-0.4, -0.2) is 38.8 Å². The maximum Gasteiger partial charge on any atom is 0.350 e. The van der Waals surface area contributed by atoms with E-state index in [4.69, 9.17) is 5.11 Å². The number of carboxylic acids is 1. The standard InChI is InChI=1S/C9H11F2N3O5/c1-2-5(9(15)16)13-3-6(14(17)18)8(12-13)19-4-7(10)11/h3,5,7H,2,4H2,1H3,(H,15,16)/t5-/m1/s1. The maximum atomic E-state index is 12.0. The smallest absolute Gasteiger partial charge is 0.350 e. The molecule has 8 nitrogen and oxygen atoms in total. The van der Waals surface area contributed by atoms with Gasteiger partial charge in [0.2, 0.25) is 0 Å². The normalized spacial score (nSPS) is 12.4. The van der Waals surface area contributed by atoms with Gasteiger partial charge in [-0.05, 0) is 6.42 Å². The average Bonchev–Trinajstić information content (AvgIpc) is 2.71. The Kier molecular flexibility index (Phi) is 4.73. The second kappa shape index (κ2) is 6.07. The first-order chi connectivity index (χ1) is 8.86. The van der Waals surface area contributed by atoms with Crippen LogP contribution in [0.3, 0.4) is 0 Å². The number of nitrogens with zero attached hydrogens (tertiary/aromatic N) is 3. The minimum absolute atomic E-state index is 0.127. The summed E-state index contributed by atoms with van der Waals surface area (Å²) in [5.74, 6) is -1.86. The molecule has 0 amide bonds. The molecule has 0 saturated heterocycles. The van der Waals surface area contributed by atoms with Crippen LogP contribution in [-0.2, 0) is 4.79 Å². The zero-order valence-electron chi connectivity index (χ0n) is 9.82. The number of aromatic nitrogens is 2. The highest BCUT2D eigenvalue weighted by Gasteiger charge is 2.27. The van der Waals surface area contributed by atoms with Gasteiger partial charge < -0.3 is 9.84 Å². The van der Waals surface area contributed by atoms with E-state index in [0.717, 1.165) is 10.9 Å². The molecule has 0 unspecified atom stereocenters. The van der Waals surface area contributed by atoms with Gasteiger partial charge in [-0.25, -0.2) is 18.3 Å². The lowest BCUT2D eigenvalue weighted by atomic mass is 10.2. The number of aliphatic carboxylic acids is 1. The van der Waals surface area contributed by atoms with Crippen LogP contribution in [0.5, 0.6) is 5.88 Å². The summed E-state index contributed by atoms with van der Waals surface area (Å²) >= 11 is 0. The van der Waals surface area contributed by atoms with Crippen molar-refractivity contribution in [3.8, 4) is 5.88 Å². The summed E-state index contributed by atoms with van der Waals surface area (Å²) in [6.07, 6.45) is -1.84. The molecule has 1 N–H and O–H groups in total. The topological polar surface area (TPSA) is 107 Å². The van der Waals surface area contributed by atoms with Crippen molar-refractivity contribution in [1.82, 2.24) is 9.78 Å². The predicted octanol–water partition coefficient (Wildman–Crippen LogP) is 1.47. The quantitative estimate of drug-likeness (QED) is 0.598. The molecule has 1 heterocycles. The van der Waals surface area contributed by atoms with Crippen molar-refractivity contribution in [3.63, 3.8) is 0 Å². The van der Waals surface area contributed by atoms with Gasteiger partial charge in [0.25, 0.3) is 6.43 Å². The number of carbonyl (C=O) groups is 1. The second-order valence-electron chi connectivity index (χ2n) is 3.52. The van der Waals surface area contributed by atoms with Crippen molar-refractivity contribution in [2.45, 2.75) is 25.8 Å². The number of rotatable bonds is 7. The molecule has 0 bridgehead atoms. The number of hydrogen-bond donors (Lipinski definition) is 1. The lowest BCUT2D eigenvalue weighted by Crippen LogP contribution is -2.18. The zero-order valence-corrected chi connectivity index (χ0v) is 9.82. The largest absolute Gasteiger partial charge is 0.480 e. The Labute approximate surface area is 105 Å². The molecule has 0 aliphatic rings. The van der Waals surface area contributed by atoms with Crippen LogP contribution in [0.2, 0.25) is 0 Å². The minimum atomic E-state index is -2.81. The van der Waals surface area contributed by atoms with Crippen LogP contribution < -0.4 is 4.74 Å². The monoisotopic (exact) mass is 279 g/mol. The molecule has 1 atom stereocenters. The number of alkyl halides is 2. The molecule has 1 rings (SSSR count). The van der Waals surface area contributed by atoms with E-state index in [1.54, 1.807) is 6.92 Å². The highest BCUT2D eigenvalue weighted by Crippen LogP contribution is 2.27. The molecule has 0 aromatic carbocycles. The third-order valence-electron chi connectivity index (χ3n) is 2.21. The maximum absolute atomic E-state index is 12.0. The van der Waals surface area contributed by atoms with E-state index < -0.39 is 41.5 Å². The van der Waals surface area contributed by atoms with Crippen LogP contribution in [0.4, 0.5) is 14.5 Å². The van der Waals surface area contributed by atoms with Crippen LogP contribution in [0.25, 0.3) is 0 Å². The summed E-state index contributed by atoms with van der Waals surface area (Å²) in [5.41, 5.74) is -0.652. The van der Waals surface area contributed by atoms with Gasteiger partial charge in [-0.15, -0.1) is 5.10 Å². The third kappa shape index (κ3) is 3.60. The molecule has 0 spiro atoms. The fourth-order valence-corrected chi connectivity index (χ4v) is 1.37. The summed E-state index contributed by atoms with van der Waals surface area (Å²) in [6, 6.07) is -1.12. The number of ether oxygens (including phenoxy) is 1. The Morgan fingerprint density at radius 3 is 2.74 bits per heavy atom. The third-order valence-corrected chi connectivity index (χ3v) is 2.21. The highest BCUT2D eigenvalue weighted by molar-refractivity contribution is 5.71. The number of carboxylic acid groups (broad SMARTS) is 1. The van der Waals surface area contributed by atoms with Crippen molar-refractivity contribution in [3.05, 3.63) is 16.3 Å². The number of hydrogen-bond acceptors (Lipinski definition) is 5. The molecule has 10 heteroatoms. The van der Waals surface area contributed by atoms with Gasteiger partial charge >= 0.3 is 17.5 Å². The molecule has 0 fully saturated rings. The van der Waals surface area contributed by atoms with Gasteiger partial charge in [0.05, 0.1) is 4.92 Å². The van der Waals surface area contributed by atoms with Crippen LogP contribution in [0.1, 0.15) is 19.4 Å². The van der Waals surface area contributed by atoms with Crippen molar-refractivity contribution in [2.75, 3.05) is 6.61 Å². The lowest BCUT2D eigenvalue weighted by Gasteiger charge is -2.08.